The van der Waals surface area contributed by atoms with Crippen LogP contribution in [0.4, 0.5) is 0 Å². The van der Waals surface area contributed by atoms with Gasteiger partial charge in [0, 0.05) is 12.5 Å². The van der Waals surface area contributed by atoms with Gasteiger partial charge in [-0.1, -0.05) is 6.92 Å². The minimum atomic E-state index is -0.350. The highest BCUT2D eigenvalue weighted by Crippen LogP contribution is 2.14. The molecule has 2 amide bonds. The topological polar surface area (TPSA) is 72.2 Å². The Morgan fingerprint density at radius 1 is 1.82 bits per heavy atom. The lowest BCUT2D eigenvalue weighted by atomic mass is 10.0. The summed E-state index contributed by atoms with van der Waals surface area (Å²) in [6, 6.07) is -0.0417. The molecule has 1 aliphatic heterocycles. The van der Waals surface area contributed by atoms with Gasteiger partial charge < -0.3 is 11.1 Å². The fraction of sp³-hybridized carbons (Fsp3) is 0.714. The molecule has 1 heterocycles. The Morgan fingerprint density at radius 2 is 2.45 bits per heavy atom. The first kappa shape index (κ1) is 8.04. The minimum absolute atomic E-state index is 0.0168. The van der Waals surface area contributed by atoms with Crippen molar-refractivity contribution in [3.63, 3.8) is 0 Å². The van der Waals surface area contributed by atoms with E-state index in [1.807, 2.05) is 0 Å². The maximum absolute atomic E-state index is 10.7. The third-order valence-electron chi connectivity index (χ3n) is 2.08. The average Bonchev–Trinajstić information content (AvgIpc) is 2.34. The maximum Gasteiger partial charge on any atom is 0.222 e. The van der Waals surface area contributed by atoms with Crippen LogP contribution in [0.5, 0.6) is 0 Å². The predicted molar refractivity (Wildman–Crippen MR) is 39.5 cm³/mol. The molecule has 1 saturated heterocycles. The van der Waals surface area contributed by atoms with Crippen LogP contribution in [0.1, 0.15) is 19.8 Å². The Morgan fingerprint density at radius 3 is 2.82 bits per heavy atom. The van der Waals surface area contributed by atoms with Crippen molar-refractivity contribution in [2.75, 3.05) is 0 Å². The Bertz CT molecular complexity index is 191. The van der Waals surface area contributed by atoms with E-state index in [-0.39, 0.29) is 23.8 Å². The fourth-order valence-electron chi connectivity index (χ4n) is 1.21. The lowest BCUT2D eigenvalue weighted by Gasteiger charge is -2.14. The summed E-state index contributed by atoms with van der Waals surface area (Å²) in [5.74, 6) is -0.582. The molecule has 0 saturated carbocycles. The molecule has 0 aromatic heterocycles. The van der Waals surface area contributed by atoms with Crippen molar-refractivity contribution in [3.8, 4) is 0 Å². The largest absolute Gasteiger partial charge is 0.369 e. The monoisotopic (exact) mass is 156 g/mol. The summed E-state index contributed by atoms with van der Waals surface area (Å²) in [5, 5.41) is 2.70. The van der Waals surface area contributed by atoms with Gasteiger partial charge in [-0.25, -0.2) is 0 Å². The van der Waals surface area contributed by atoms with E-state index in [0.29, 0.717) is 6.42 Å². The smallest absolute Gasteiger partial charge is 0.222 e. The van der Waals surface area contributed by atoms with E-state index >= 15 is 0 Å². The molecule has 2 atom stereocenters. The molecule has 0 aromatic rings. The van der Waals surface area contributed by atoms with E-state index in [1.54, 1.807) is 6.92 Å². The molecule has 4 nitrogen and oxygen atoms in total. The highest BCUT2D eigenvalue weighted by Gasteiger charge is 2.28. The molecule has 3 N–H and O–H groups in total. The van der Waals surface area contributed by atoms with Gasteiger partial charge in [0.15, 0.2) is 0 Å². The number of carbonyl (C=O) groups is 2. The zero-order valence-corrected chi connectivity index (χ0v) is 6.46. The summed E-state index contributed by atoms with van der Waals surface area (Å²) in [5.41, 5.74) is 5.07. The normalized spacial score (nSPS) is 26.3. The second-order valence-electron chi connectivity index (χ2n) is 2.90. The number of primary amides is 1. The molecule has 1 aliphatic rings. The summed E-state index contributed by atoms with van der Waals surface area (Å²) in [4.78, 5) is 21.4. The van der Waals surface area contributed by atoms with Crippen LogP contribution in [-0.4, -0.2) is 17.9 Å². The first-order chi connectivity index (χ1) is 5.11. The zero-order chi connectivity index (χ0) is 8.43. The first-order valence-corrected chi connectivity index (χ1v) is 3.70. The second kappa shape index (κ2) is 2.90. The van der Waals surface area contributed by atoms with Crippen LogP contribution < -0.4 is 11.1 Å². The number of nitrogens with two attached hydrogens (primary N) is 1. The molecule has 2 unspecified atom stereocenters. The van der Waals surface area contributed by atoms with Crippen LogP contribution in [-0.2, 0) is 9.59 Å². The van der Waals surface area contributed by atoms with Gasteiger partial charge in [0.1, 0.15) is 0 Å². The van der Waals surface area contributed by atoms with Gasteiger partial charge in [0.05, 0.1) is 5.92 Å². The standard InChI is InChI=1S/C7H12N2O2/c1-4(7(8)11)5-2-3-6(10)9-5/h4-5H,2-3H2,1H3,(H2,8,11)(H,9,10). The highest BCUT2D eigenvalue weighted by molar-refractivity contribution is 5.82. The van der Waals surface area contributed by atoms with Crippen LogP contribution in [0.2, 0.25) is 0 Å². The molecule has 62 valence electrons. The highest BCUT2D eigenvalue weighted by atomic mass is 16.2. The average molecular weight is 156 g/mol. The number of amides is 2. The van der Waals surface area contributed by atoms with Gasteiger partial charge in [-0.15, -0.1) is 0 Å². The van der Waals surface area contributed by atoms with Gasteiger partial charge in [-0.2, -0.15) is 0 Å². The summed E-state index contributed by atoms with van der Waals surface area (Å²) >= 11 is 0. The summed E-state index contributed by atoms with van der Waals surface area (Å²) in [6.45, 7) is 1.73. The first-order valence-electron chi connectivity index (χ1n) is 3.70. The summed E-state index contributed by atoms with van der Waals surface area (Å²) < 4.78 is 0. The van der Waals surface area contributed by atoms with Crippen molar-refractivity contribution in [2.45, 2.75) is 25.8 Å². The molecule has 0 bridgehead atoms. The molecule has 1 rings (SSSR count). The van der Waals surface area contributed by atoms with E-state index < -0.39 is 0 Å². The maximum atomic E-state index is 10.7. The lowest BCUT2D eigenvalue weighted by molar-refractivity contribution is -0.122. The Labute approximate surface area is 65.1 Å². The predicted octanol–water partition coefficient (Wildman–Crippen LogP) is -0.614. The number of hydrogen-bond donors (Lipinski definition) is 2. The van der Waals surface area contributed by atoms with Crippen molar-refractivity contribution >= 4 is 11.8 Å². The molecular formula is C7H12N2O2. The Kier molecular flexibility index (Phi) is 2.12. The van der Waals surface area contributed by atoms with Crippen LogP contribution in [0.15, 0.2) is 0 Å². The summed E-state index contributed by atoms with van der Waals surface area (Å²) in [6.07, 6.45) is 1.24. The van der Waals surface area contributed by atoms with Gasteiger partial charge in [0.2, 0.25) is 11.8 Å². The summed E-state index contributed by atoms with van der Waals surface area (Å²) in [7, 11) is 0. The second-order valence-corrected chi connectivity index (χ2v) is 2.90. The van der Waals surface area contributed by atoms with Crippen molar-refractivity contribution in [2.24, 2.45) is 11.7 Å². The molecule has 0 aliphatic carbocycles. The van der Waals surface area contributed by atoms with Crippen molar-refractivity contribution < 1.29 is 9.59 Å². The minimum Gasteiger partial charge on any atom is -0.369 e. The number of rotatable bonds is 2. The third-order valence-corrected chi connectivity index (χ3v) is 2.08. The fourth-order valence-corrected chi connectivity index (χ4v) is 1.21. The van der Waals surface area contributed by atoms with E-state index in [0.717, 1.165) is 6.42 Å². The Balaban J connectivity index is 2.49. The molecule has 0 aromatic carbocycles. The van der Waals surface area contributed by atoms with Crippen molar-refractivity contribution in [3.05, 3.63) is 0 Å². The van der Waals surface area contributed by atoms with E-state index in [2.05, 4.69) is 5.32 Å². The van der Waals surface area contributed by atoms with Crippen LogP contribution >= 0.6 is 0 Å². The van der Waals surface area contributed by atoms with Crippen molar-refractivity contribution in [1.82, 2.24) is 5.32 Å². The zero-order valence-electron chi connectivity index (χ0n) is 6.46. The van der Waals surface area contributed by atoms with E-state index in [1.165, 1.54) is 0 Å². The number of hydrogen-bond acceptors (Lipinski definition) is 2. The Hall–Kier alpha value is -1.06. The van der Waals surface area contributed by atoms with Crippen molar-refractivity contribution in [1.29, 1.82) is 0 Å². The number of carbonyl (C=O) groups excluding carboxylic acids is 2. The van der Waals surface area contributed by atoms with Crippen LogP contribution in [0, 0.1) is 5.92 Å². The van der Waals surface area contributed by atoms with Crippen LogP contribution in [0.25, 0.3) is 0 Å². The van der Waals surface area contributed by atoms with E-state index in [4.69, 9.17) is 5.73 Å². The molecule has 1 fully saturated rings. The van der Waals surface area contributed by atoms with Gasteiger partial charge >= 0.3 is 0 Å². The quantitative estimate of drug-likeness (QED) is 0.559. The third kappa shape index (κ3) is 1.69. The van der Waals surface area contributed by atoms with Gasteiger partial charge in [-0.3, -0.25) is 9.59 Å². The molecule has 0 radical (unpaired) electrons. The molecule has 4 heteroatoms. The molecule has 11 heavy (non-hydrogen) atoms. The van der Waals surface area contributed by atoms with Gasteiger partial charge in [0.25, 0.3) is 0 Å². The molecular weight excluding hydrogens is 144 g/mol. The number of nitrogens with one attached hydrogen (secondary N) is 1. The molecule has 0 spiro atoms. The van der Waals surface area contributed by atoms with E-state index in [9.17, 15) is 9.59 Å². The SMILES string of the molecule is CC(C(N)=O)C1CCC(=O)N1. The van der Waals surface area contributed by atoms with Crippen LogP contribution in [0.3, 0.4) is 0 Å². The van der Waals surface area contributed by atoms with Gasteiger partial charge in [-0.05, 0) is 6.42 Å². The lowest BCUT2D eigenvalue weighted by Crippen LogP contribution is -2.38.